The van der Waals surface area contributed by atoms with Crippen LogP contribution >= 0.6 is 0 Å². The zero-order chi connectivity index (χ0) is 6.95. The lowest BCUT2D eigenvalue weighted by Gasteiger charge is -1.94. The Labute approximate surface area is 56.0 Å². The molecule has 0 aromatic rings. The molecule has 0 saturated heterocycles. The maximum Gasteiger partial charge on any atom is 0.144 e. The van der Waals surface area contributed by atoms with E-state index in [9.17, 15) is 4.79 Å². The number of carbonyl (C=O) groups excluding carboxylic acids is 1. The van der Waals surface area contributed by atoms with Crippen molar-refractivity contribution in [2.24, 2.45) is 0 Å². The van der Waals surface area contributed by atoms with E-state index in [1.54, 1.807) is 6.20 Å². The summed E-state index contributed by atoms with van der Waals surface area (Å²) in [5.41, 5.74) is 0. The van der Waals surface area contributed by atoms with Crippen molar-refractivity contribution >= 4 is 6.29 Å². The summed E-state index contributed by atoms with van der Waals surface area (Å²) in [6, 6.07) is 0. The molecule has 0 rings (SSSR count). The van der Waals surface area contributed by atoms with Crippen molar-refractivity contribution in [2.45, 2.75) is 19.8 Å². The monoisotopic (exact) mass is 127 g/mol. The number of carbonyl (C=O) groups is 1. The molecule has 0 aliphatic rings. The van der Waals surface area contributed by atoms with Crippen LogP contribution in [0.25, 0.3) is 0 Å². The summed E-state index contributed by atoms with van der Waals surface area (Å²) in [7, 11) is 0. The molecule has 52 valence electrons. The summed E-state index contributed by atoms with van der Waals surface area (Å²) in [6.07, 6.45) is 6.22. The average Bonchev–Trinajstić information content (AvgIpc) is 1.89. The predicted molar refractivity (Wildman–Crippen MR) is 38.1 cm³/mol. The first-order valence-corrected chi connectivity index (χ1v) is 3.25. The first-order valence-electron chi connectivity index (χ1n) is 3.25. The molecular weight excluding hydrogens is 114 g/mol. The number of hydrogen-bond donors (Lipinski definition) is 1. The molecule has 1 N–H and O–H groups in total. The third-order valence-electron chi connectivity index (χ3n) is 0.967. The molecule has 0 amide bonds. The molecule has 2 nitrogen and oxygen atoms in total. The highest BCUT2D eigenvalue weighted by Gasteiger charge is 1.76. The van der Waals surface area contributed by atoms with Gasteiger partial charge in [0.1, 0.15) is 6.29 Å². The van der Waals surface area contributed by atoms with E-state index in [2.05, 4.69) is 12.2 Å². The molecule has 0 saturated carbocycles. The molecule has 0 aromatic heterocycles. The number of nitrogens with one attached hydrogen (secondary N) is 1. The lowest BCUT2D eigenvalue weighted by molar-refractivity contribution is -0.104. The van der Waals surface area contributed by atoms with Gasteiger partial charge in [-0.1, -0.05) is 13.3 Å². The minimum absolute atomic E-state index is 0.763. The van der Waals surface area contributed by atoms with Crippen LogP contribution in [0.1, 0.15) is 19.8 Å². The van der Waals surface area contributed by atoms with Crippen LogP contribution in [0.2, 0.25) is 0 Å². The molecule has 0 radical (unpaired) electrons. The van der Waals surface area contributed by atoms with Crippen molar-refractivity contribution in [2.75, 3.05) is 6.54 Å². The number of aldehydes is 1. The molecule has 0 heterocycles. The van der Waals surface area contributed by atoms with Gasteiger partial charge in [-0.15, -0.1) is 0 Å². The molecule has 0 atom stereocenters. The fourth-order valence-corrected chi connectivity index (χ4v) is 0.469. The van der Waals surface area contributed by atoms with E-state index in [-0.39, 0.29) is 0 Å². The van der Waals surface area contributed by atoms with Gasteiger partial charge < -0.3 is 5.32 Å². The van der Waals surface area contributed by atoms with Crippen molar-refractivity contribution in [3.63, 3.8) is 0 Å². The number of allylic oxidation sites excluding steroid dienone is 1. The third-order valence-corrected chi connectivity index (χ3v) is 0.967. The molecule has 0 fully saturated rings. The van der Waals surface area contributed by atoms with E-state index >= 15 is 0 Å². The fraction of sp³-hybridized carbons (Fsp3) is 0.571. The Balaban J connectivity index is 2.90. The number of hydrogen-bond acceptors (Lipinski definition) is 2. The summed E-state index contributed by atoms with van der Waals surface area (Å²) in [6.45, 7) is 3.09. The maximum absolute atomic E-state index is 9.71. The smallest absolute Gasteiger partial charge is 0.144 e. The maximum atomic E-state index is 9.71. The second kappa shape index (κ2) is 7.21. The normalized spacial score (nSPS) is 9.89. The Bertz CT molecular complexity index is 88.9. The quantitative estimate of drug-likeness (QED) is 0.340. The zero-order valence-corrected chi connectivity index (χ0v) is 5.76. The van der Waals surface area contributed by atoms with Crippen molar-refractivity contribution < 1.29 is 4.79 Å². The van der Waals surface area contributed by atoms with E-state index in [4.69, 9.17) is 0 Å². The van der Waals surface area contributed by atoms with Crippen molar-refractivity contribution in [3.05, 3.63) is 12.3 Å². The van der Waals surface area contributed by atoms with Gasteiger partial charge in [0.2, 0.25) is 0 Å². The van der Waals surface area contributed by atoms with Gasteiger partial charge in [0.05, 0.1) is 0 Å². The molecule has 0 aliphatic heterocycles. The van der Waals surface area contributed by atoms with Crippen molar-refractivity contribution in [1.82, 2.24) is 5.32 Å². The van der Waals surface area contributed by atoms with E-state index in [1.807, 2.05) is 0 Å². The van der Waals surface area contributed by atoms with Gasteiger partial charge in [0.15, 0.2) is 0 Å². The molecule has 0 aliphatic carbocycles. The second-order valence-electron chi connectivity index (χ2n) is 1.80. The van der Waals surface area contributed by atoms with E-state index in [0.717, 1.165) is 19.3 Å². The van der Waals surface area contributed by atoms with Crippen LogP contribution < -0.4 is 5.32 Å². The summed E-state index contributed by atoms with van der Waals surface area (Å²) < 4.78 is 0. The standard InChI is InChI=1S/C7H13NO/c1-2-3-5-8-6-4-7-9/h4,6-8H,2-3,5H2,1H3. The Morgan fingerprint density at radius 1 is 1.56 bits per heavy atom. The number of unbranched alkanes of at least 4 members (excludes halogenated alkanes) is 1. The van der Waals surface area contributed by atoms with E-state index in [1.165, 1.54) is 12.5 Å². The first kappa shape index (κ1) is 8.21. The fourth-order valence-electron chi connectivity index (χ4n) is 0.469. The van der Waals surface area contributed by atoms with Gasteiger partial charge >= 0.3 is 0 Å². The molecule has 2 heteroatoms. The summed E-state index contributed by atoms with van der Waals surface area (Å²) in [5.74, 6) is 0. The van der Waals surface area contributed by atoms with E-state index < -0.39 is 0 Å². The van der Waals surface area contributed by atoms with Crippen molar-refractivity contribution in [1.29, 1.82) is 0 Å². The Morgan fingerprint density at radius 2 is 2.33 bits per heavy atom. The lowest BCUT2D eigenvalue weighted by Crippen LogP contribution is -2.05. The van der Waals surface area contributed by atoms with Crippen LogP contribution in [0.4, 0.5) is 0 Å². The highest BCUT2D eigenvalue weighted by molar-refractivity contribution is 5.64. The molecule has 0 spiro atoms. The lowest BCUT2D eigenvalue weighted by atomic mass is 10.3. The van der Waals surface area contributed by atoms with Crippen LogP contribution in [-0.4, -0.2) is 12.8 Å². The van der Waals surface area contributed by atoms with Gasteiger partial charge in [-0.2, -0.15) is 0 Å². The van der Waals surface area contributed by atoms with Crippen LogP contribution in [0, 0.1) is 0 Å². The highest BCUT2D eigenvalue weighted by atomic mass is 16.1. The van der Waals surface area contributed by atoms with Gasteiger partial charge in [-0.3, -0.25) is 4.79 Å². The zero-order valence-electron chi connectivity index (χ0n) is 5.76. The Kier molecular flexibility index (Phi) is 6.58. The largest absolute Gasteiger partial charge is 0.391 e. The minimum atomic E-state index is 0.763. The number of rotatable bonds is 5. The van der Waals surface area contributed by atoms with Gasteiger partial charge in [0.25, 0.3) is 0 Å². The summed E-state index contributed by atoms with van der Waals surface area (Å²) in [5, 5.41) is 2.98. The summed E-state index contributed by atoms with van der Waals surface area (Å²) in [4.78, 5) is 9.71. The highest BCUT2D eigenvalue weighted by Crippen LogP contribution is 1.81. The van der Waals surface area contributed by atoms with Crippen LogP contribution in [-0.2, 0) is 4.79 Å². The van der Waals surface area contributed by atoms with Crippen LogP contribution in [0.15, 0.2) is 12.3 Å². The average molecular weight is 127 g/mol. The topological polar surface area (TPSA) is 29.1 Å². The summed E-state index contributed by atoms with van der Waals surface area (Å²) >= 11 is 0. The van der Waals surface area contributed by atoms with Gasteiger partial charge in [0, 0.05) is 6.54 Å². The molecule has 9 heavy (non-hydrogen) atoms. The van der Waals surface area contributed by atoms with Crippen molar-refractivity contribution in [3.8, 4) is 0 Å². The molecule has 0 aromatic carbocycles. The Hall–Kier alpha value is -0.790. The Morgan fingerprint density at radius 3 is 2.89 bits per heavy atom. The van der Waals surface area contributed by atoms with Crippen LogP contribution in [0.3, 0.4) is 0 Å². The van der Waals surface area contributed by atoms with E-state index in [0.29, 0.717) is 0 Å². The second-order valence-corrected chi connectivity index (χ2v) is 1.80. The van der Waals surface area contributed by atoms with Gasteiger partial charge in [-0.25, -0.2) is 0 Å². The van der Waals surface area contributed by atoms with Gasteiger partial charge in [-0.05, 0) is 18.7 Å². The molecular formula is C7H13NO. The predicted octanol–water partition coefficient (Wildman–Crippen LogP) is 1.09. The molecule has 0 unspecified atom stereocenters. The SMILES string of the molecule is CCCCNC=CC=O. The first-order chi connectivity index (χ1) is 4.41. The van der Waals surface area contributed by atoms with Crippen LogP contribution in [0.5, 0.6) is 0 Å². The third kappa shape index (κ3) is 7.21. The molecule has 0 bridgehead atoms. The minimum Gasteiger partial charge on any atom is -0.391 e.